The highest BCUT2D eigenvalue weighted by atomic mass is 15.2. The molecule has 5 heteroatoms. The Morgan fingerprint density at radius 2 is 2.15 bits per heavy atom. The van der Waals surface area contributed by atoms with Crippen molar-refractivity contribution >= 4 is 17.3 Å². The van der Waals surface area contributed by atoms with Gasteiger partial charge in [-0.3, -0.25) is 0 Å². The van der Waals surface area contributed by atoms with Crippen LogP contribution in [0.3, 0.4) is 0 Å². The van der Waals surface area contributed by atoms with Gasteiger partial charge in [0.05, 0.1) is 6.20 Å². The van der Waals surface area contributed by atoms with Gasteiger partial charge in [0.1, 0.15) is 5.82 Å². The summed E-state index contributed by atoms with van der Waals surface area (Å²) in [6.07, 6.45) is 11.0. The summed E-state index contributed by atoms with van der Waals surface area (Å²) in [7, 11) is 1.91. The predicted molar refractivity (Wildman–Crippen MR) is 82.4 cm³/mol. The number of aromatic nitrogens is 3. The molecule has 1 aliphatic rings. The van der Waals surface area contributed by atoms with E-state index in [1.807, 2.05) is 30.0 Å². The Balaban J connectivity index is 1.85. The molecule has 0 radical (unpaired) electrons. The fourth-order valence-corrected chi connectivity index (χ4v) is 3.09. The third-order valence-electron chi connectivity index (χ3n) is 4.22. The first-order valence-electron chi connectivity index (χ1n) is 7.58. The van der Waals surface area contributed by atoms with Gasteiger partial charge in [-0.25, -0.2) is 9.97 Å². The lowest BCUT2D eigenvalue weighted by Crippen LogP contribution is -2.34. The van der Waals surface area contributed by atoms with Gasteiger partial charge in [-0.05, 0) is 18.8 Å². The van der Waals surface area contributed by atoms with E-state index in [1.54, 1.807) is 0 Å². The lowest BCUT2D eigenvalue weighted by atomic mass is 9.92. The fourth-order valence-electron chi connectivity index (χ4n) is 3.09. The molecule has 0 atom stereocenters. The van der Waals surface area contributed by atoms with Crippen molar-refractivity contribution in [3.05, 3.63) is 18.6 Å². The Bertz CT molecular complexity index is 569. The number of nitrogens with zero attached hydrogens (tertiary/aromatic N) is 4. The van der Waals surface area contributed by atoms with Gasteiger partial charge in [-0.2, -0.15) is 0 Å². The first-order chi connectivity index (χ1) is 9.81. The topological polar surface area (TPSA) is 45.5 Å². The van der Waals surface area contributed by atoms with E-state index in [0.29, 0.717) is 0 Å². The fraction of sp³-hybridized carbons (Fsp3) is 0.600. The molecule has 0 aromatic carbocycles. The summed E-state index contributed by atoms with van der Waals surface area (Å²) in [5.41, 5.74) is 0.956. The second-order valence-electron chi connectivity index (χ2n) is 5.58. The van der Waals surface area contributed by atoms with E-state index in [0.717, 1.165) is 36.3 Å². The van der Waals surface area contributed by atoms with Crippen molar-refractivity contribution in [1.29, 1.82) is 0 Å². The molecule has 0 saturated carbocycles. The van der Waals surface area contributed by atoms with Gasteiger partial charge < -0.3 is 14.6 Å². The van der Waals surface area contributed by atoms with E-state index >= 15 is 0 Å². The number of rotatable bonds is 4. The van der Waals surface area contributed by atoms with Crippen LogP contribution < -0.4 is 10.2 Å². The maximum absolute atomic E-state index is 4.72. The highest BCUT2D eigenvalue weighted by Gasteiger charge is 2.22. The third-order valence-corrected chi connectivity index (χ3v) is 4.22. The average Bonchev–Trinajstić information content (AvgIpc) is 2.95. The monoisotopic (exact) mass is 273 g/mol. The van der Waals surface area contributed by atoms with Gasteiger partial charge in [-0.15, -0.1) is 0 Å². The lowest BCUT2D eigenvalue weighted by molar-refractivity contribution is 0.377. The minimum Gasteiger partial charge on any atom is -0.372 e. The molecule has 1 saturated heterocycles. The van der Waals surface area contributed by atoms with Gasteiger partial charge in [0.15, 0.2) is 11.5 Å². The number of hydrogen-bond donors (Lipinski definition) is 1. The van der Waals surface area contributed by atoms with Crippen molar-refractivity contribution in [2.75, 3.05) is 30.4 Å². The highest BCUT2D eigenvalue weighted by Crippen LogP contribution is 2.27. The van der Waals surface area contributed by atoms with Crippen molar-refractivity contribution < 1.29 is 0 Å². The van der Waals surface area contributed by atoms with Crippen LogP contribution in [0.25, 0.3) is 5.65 Å². The summed E-state index contributed by atoms with van der Waals surface area (Å²) in [5, 5.41) is 3.13. The Morgan fingerprint density at radius 1 is 1.35 bits per heavy atom. The smallest absolute Gasteiger partial charge is 0.180 e. The summed E-state index contributed by atoms with van der Waals surface area (Å²) < 4.78 is 2.05. The van der Waals surface area contributed by atoms with Crippen LogP contribution in [0.4, 0.5) is 11.6 Å². The van der Waals surface area contributed by atoms with E-state index < -0.39 is 0 Å². The summed E-state index contributed by atoms with van der Waals surface area (Å²) >= 11 is 0. The molecular formula is C15H23N5. The Morgan fingerprint density at radius 3 is 2.85 bits per heavy atom. The number of imidazole rings is 1. The Labute approximate surface area is 120 Å². The zero-order valence-corrected chi connectivity index (χ0v) is 12.3. The minimum atomic E-state index is 0.888. The van der Waals surface area contributed by atoms with Crippen LogP contribution in [0, 0.1) is 5.92 Å². The molecule has 3 rings (SSSR count). The SMILES string of the molecule is CCCC1CCN(c2nc(NC)cn3ccnc23)CC1. The minimum absolute atomic E-state index is 0.888. The van der Waals surface area contributed by atoms with Crippen molar-refractivity contribution in [1.82, 2.24) is 14.4 Å². The molecule has 0 aliphatic carbocycles. The maximum atomic E-state index is 4.72. The van der Waals surface area contributed by atoms with Crippen molar-refractivity contribution in [3.8, 4) is 0 Å². The number of anilines is 2. The molecule has 3 heterocycles. The standard InChI is InChI=1S/C15H23N5/c1-3-4-12-5-8-19(9-6-12)15-14-17-7-10-20(14)11-13(16-2)18-15/h7,10-12,16H,3-6,8-9H2,1-2H3. The quantitative estimate of drug-likeness (QED) is 0.930. The first-order valence-corrected chi connectivity index (χ1v) is 7.58. The van der Waals surface area contributed by atoms with E-state index in [4.69, 9.17) is 4.98 Å². The number of hydrogen-bond acceptors (Lipinski definition) is 4. The molecule has 2 aromatic rings. The van der Waals surface area contributed by atoms with Gasteiger partial charge in [-0.1, -0.05) is 19.8 Å². The van der Waals surface area contributed by atoms with Crippen molar-refractivity contribution in [2.24, 2.45) is 5.92 Å². The van der Waals surface area contributed by atoms with E-state index in [1.165, 1.54) is 25.7 Å². The van der Waals surface area contributed by atoms with Crippen LogP contribution in [0.15, 0.2) is 18.6 Å². The molecule has 1 N–H and O–H groups in total. The summed E-state index contributed by atoms with van der Waals surface area (Å²) in [6.45, 7) is 4.46. The molecule has 0 amide bonds. The largest absolute Gasteiger partial charge is 0.372 e. The van der Waals surface area contributed by atoms with Gasteiger partial charge >= 0.3 is 0 Å². The molecular weight excluding hydrogens is 250 g/mol. The third kappa shape index (κ3) is 2.44. The van der Waals surface area contributed by atoms with Crippen LogP contribution in [-0.4, -0.2) is 34.5 Å². The molecule has 1 fully saturated rings. The number of piperidine rings is 1. The van der Waals surface area contributed by atoms with Gasteiger partial charge in [0.2, 0.25) is 0 Å². The zero-order chi connectivity index (χ0) is 13.9. The Hall–Kier alpha value is -1.78. The normalized spacial score (nSPS) is 16.8. The molecule has 0 unspecified atom stereocenters. The van der Waals surface area contributed by atoms with Gasteiger partial charge in [0, 0.05) is 32.5 Å². The summed E-state index contributed by atoms with van der Waals surface area (Å²) in [5.74, 6) is 2.79. The van der Waals surface area contributed by atoms with Crippen LogP contribution in [-0.2, 0) is 0 Å². The molecule has 1 aliphatic heterocycles. The molecule has 0 bridgehead atoms. The summed E-state index contributed by atoms with van der Waals surface area (Å²) in [6, 6.07) is 0. The second-order valence-corrected chi connectivity index (χ2v) is 5.58. The first kappa shape index (κ1) is 13.2. The maximum Gasteiger partial charge on any atom is 0.180 e. The average molecular weight is 273 g/mol. The molecule has 0 spiro atoms. The summed E-state index contributed by atoms with van der Waals surface area (Å²) in [4.78, 5) is 11.6. The van der Waals surface area contributed by atoms with Crippen LogP contribution in [0.5, 0.6) is 0 Å². The van der Waals surface area contributed by atoms with Gasteiger partial charge in [0.25, 0.3) is 0 Å². The van der Waals surface area contributed by atoms with E-state index in [9.17, 15) is 0 Å². The lowest BCUT2D eigenvalue weighted by Gasteiger charge is -2.33. The van der Waals surface area contributed by atoms with Crippen LogP contribution >= 0.6 is 0 Å². The molecule has 2 aromatic heterocycles. The predicted octanol–water partition coefficient (Wildman–Crippen LogP) is 2.79. The van der Waals surface area contributed by atoms with E-state index in [-0.39, 0.29) is 0 Å². The zero-order valence-electron chi connectivity index (χ0n) is 12.3. The molecule has 108 valence electrons. The number of nitrogens with one attached hydrogen (secondary N) is 1. The Kier molecular flexibility index (Phi) is 3.76. The number of fused-ring (bicyclic) bond motifs is 1. The van der Waals surface area contributed by atoms with Crippen molar-refractivity contribution in [2.45, 2.75) is 32.6 Å². The molecule has 5 nitrogen and oxygen atoms in total. The van der Waals surface area contributed by atoms with Crippen molar-refractivity contribution in [3.63, 3.8) is 0 Å². The van der Waals surface area contributed by atoms with E-state index in [2.05, 4.69) is 22.1 Å². The molecule has 20 heavy (non-hydrogen) atoms. The van der Waals surface area contributed by atoms with Crippen LogP contribution in [0.2, 0.25) is 0 Å². The highest BCUT2D eigenvalue weighted by molar-refractivity contribution is 5.66. The van der Waals surface area contributed by atoms with Crippen LogP contribution in [0.1, 0.15) is 32.6 Å². The second kappa shape index (κ2) is 5.69.